The van der Waals surface area contributed by atoms with Gasteiger partial charge in [0.25, 0.3) is 0 Å². The normalized spacial score (nSPS) is 20.0. The monoisotopic (exact) mass is 344 g/mol. The van der Waals surface area contributed by atoms with E-state index in [1.54, 1.807) is 18.2 Å². The zero-order chi connectivity index (χ0) is 17.8. The van der Waals surface area contributed by atoms with E-state index in [-0.39, 0.29) is 23.7 Å². The van der Waals surface area contributed by atoms with Gasteiger partial charge in [-0.05, 0) is 43.4 Å². The zero-order valence-corrected chi connectivity index (χ0v) is 14.2. The molecule has 2 aliphatic rings. The van der Waals surface area contributed by atoms with Gasteiger partial charge in [0.15, 0.2) is 0 Å². The van der Waals surface area contributed by atoms with Crippen LogP contribution in [-0.4, -0.2) is 35.8 Å². The number of nitrogens with zero attached hydrogens (tertiary/aromatic N) is 1. The van der Waals surface area contributed by atoms with Crippen molar-refractivity contribution in [3.63, 3.8) is 0 Å². The van der Waals surface area contributed by atoms with E-state index in [2.05, 4.69) is 10.6 Å². The number of hydrogen-bond acceptors (Lipinski definition) is 3. The second-order valence-corrected chi connectivity index (χ2v) is 6.81. The van der Waals surface area contributed by atoms with Crippen molar-refractivity contribution in [2.24, 2.45) is 17.6 Å². The first kappa shape index (κ1) is 17.3. The summed E-state index contributed by atoms with van der Waals surface area (Å²) in [7, 11) is 0. The molecule has 1 aliphatic heterocycles. The minimum absolute atomic E-state index is 0.0263. The highest BCUT2D eigenvalue weighted by molar-refractivity contribution is 5.88. The van der Waals surface area contributed by atoms with Crippen molar-refractivity contribution in [2.45, 2.75) is 32.2 Å². The van der Waals surface area contributed by atoms with Crippen molar-refractivity contribution in [2.75, 3.05) is 18.4 Å². The number of nitrogens with one attached hydrogen (secondary N) is 2. The van der Waals surface area contributed by atoms with Crippen LogP contribution in [0, 0.1) is 11.8 Å². The zero-order valence-electron chi connectivity index (χ0n) is 14.2. The molecule has 0 aromatic heterocycles. The molecule has 1 heterocycles. The highest BCUT2D eigenvalue weighted by Gasteiger charge is 2.36. The van der Waals surface area contributed by atoms with Crippen LogP contribution >= 0.6 is 0 Å². The minimum Gasteiger partial charge on any atom is -0.352 e. The summed E-state index contributed by atoms with van der Waals surface area (Å²) in [4.78, 5) is 37.4. The Morgan fingerprint density at radius 2 is 1.96 bits per heavy atom. The molecule has 1 saturated carbocycles. The lowest BCUT2D eigenvalue weighted by Crippen LogP contribution is -2.45. The third-order valence-electron chi connectivity index (χ3n) is 4.69. The molecule has 0 bridgehead atoms. The first-order chi connectivity index (χ1) is 12.0. The van der Waals surface area contributed by atoms with Crippen molar-refractivity contribution in [1.29, 1.82) is 0 Å². The Morgan fingerprint density at radius 3 is 2.68 bits per heavy atom. The molecule has 2 fully saturated rings. The van der Waals surface area contributed by atoms with Crippen LogP contribution in [-0.2, 0) is 16.1 Å². The lowest BCUT2D eigenvalue weighted by Gasteiger charge is -2.32. The summed E-state index contributed by atoms with van der Waals surface area (Å²) >= 11 is 0. The minimum atomic E-state index is -0.621. The lowest BCUT2D eigenvalue weighted by molar-refractivity contribution is -0.136. The van der Waals surface area contributed by atoms with Gasteiger partial charge in [-0.1, -0.05) is 12.1 Å². The number of amides is 4. The molecule has 1 aromatic carbocycles. The highest BCUT2D eigenvalue weighted by Crippen LogP contribution is 2.32. The number of urea groups is 1. The van der Waals surface area contributed by atoms with Crippen LogP contribution in [0.15, 0.2) is 24.3 Å². The molecule has 0 spiro atoms. The molecule has 25 heavy (non-hydrogen) atoms. The largest absolute Gasteiger partial charge is 0.352 e. The topological polar surface area (TPSA) is 105 Å². The molecule has 1 aliphatic carbocycles. The van der Waals surface area contributed by atoms with Crippen LogP contribution in [0.5, 0.6) is 0 Å². The lowest BCUT2D eigenvalue weighted by atomic mass is 9.96. The van der Waals surface area contributed by atoms with E-state index in [1.807, 2.05) is 11.0 Å². The Bertz CT molecular complexity index is 672. The summed E-state index contributed by atoms with van der Waals surface area (Å²) in [5.41, 5.74) is 6.58. The first-order valence-electron chi connectivity index (χ1n) is 8.75. The van der Waals surface area contributed by atoms with E-state index in [9.17, 15) is 14.4 Å². The van der Waals surface area contributed by atoms with E-state index in [0.29, 0.717) is 18.8 Å². The van der Waals surface area contributed by atoms with Crippen molar-refractivity contribution < 1.29 is 14.4 Å². The molecule has 0 radical (unpaired) electrons. The maximum absolute atomic E-state index is 12.4. The molecule has 4 N–H and O–H groups in total. The molecule has 1 atom stereocenters. The molecular weight excluding hydrogens is 320 g/mol. The van der Waals surface area contributed by atoms with Gasteiger partial charge in [-0.15, -0.1) is 0 Å². The molecule has 7 heteroatoms. The second-order valence-electron chi connectivity index (χ2n) is 6.81. The number of likely N-dealkylation sites (tertiary alicyclic amines) is 1. The molecular formula is C18H24N4O3. The number of piperidine rings is 1. The molecule has 134 valence electrons. The van der Waals surface area contributed by atoms with Crippen LogP contribution in [0.2, 0.25) is 0 Å². The average molecular weight is 344 g/mol. The summed E-state index contributed by atoms with van der Waals surface area (Å²) in [5, 5.41) is 5.45. The molecule has 1 saturated heterocycles. The summed E-state index contributed by atoms with van der Waals surface area (Å²) in [6, 6.07) is 6.55. The van der Waals surface area contributed by atoms with Crippen LogP contribution < -0.4 is 16.4 Å². The van der Waals surface area contributed by atoms with Crippen LogP contribution in [0.3, 0.4) is 0 Å². The van der Waals surface area contributed by atoms with E-state index in [1.165, 1.54) is 0 Å². The SMILES string of the molecule is NC(=O)Nc1cccc(CNC(=O)C2CCCN(C(=O)C3CC3)C2)c1. The fourth-order valence-electron chi connectivity index (χ4n) is 3.21. The number of nitrogens with two attached hydrogens (primary N) is 1. The maximum atomic E-state index is 12.4. The van der Waals surface area contributed by atoms with Crippen LogP contribution in [0.25, 0.3) is 0 Å². The summed E-state index contributed by atoms with van der Waals surface area (Å²) in [6.45, 7) is 1.66. The van der Waals surface area contributed by atoms with E-state index >= 15 is 0 Å². The quantitative estimate of drug-likeness (QED) is 0.753. The highest BCUT2D eigenvalue weighted by atomic mass is 16.2. The average Bonchev–Trinajstić information content (AvgIpc) is 3.44. The number of hydrogen-bond donors (Lipinski definition) is 3. The predicted molar refractivity (Wildman–Crippen MR) is 93.5 cm³/mol. The van der Waals surface area contributed by atoms with Gasteiger partial charge in [0, 0.05) is 31.2 Å². The third-order valence-corrected chi connectivity index (χ3v) is 4.69. The van der Waals surface area contributed by atoms with Gasteiger partial charge in [-0.3, -0.25) is 9.59 Å². The van der Waals surface area contributed by atoms with Gasteiger partial charge in [0.1, 0.15) is 0 Å². The van der Waals surface area contributed by atoms with E-state index < -0.39 is 6.03 Å². The molecule has 1 unspecified atom stereocenters. The Balaban J connectivity index is 1.51. The molecule has 4 amide bonds. The molecule has 1 aromatic rings. The predicted octanol–water partition coefficient (Wildman–Crippen LogP) is 1.44. The summed E-state index contributed by atoms with van der Waals surface area (Å²) < 4.78 is 0. The van der Waals surface area contributed by atoms with Crippen molar-refractivity contribution in [3.8, 4) is 0 Å². The third kappa shape index (κ3) is 4.71. The van der Waals surface area contributed by atoms with E-state index in [4.69, 9.17) is 5.73 Å². The smallest absolute Gasteiger partial charge is 0.316 e. The number of rotatable bonds is 5. The Morgan fingerprint density at radius 1 is 1.16 bits per heavy atom. The number of benzene rings is 1. The van der Waals surface area contributed by atoms with Gasteiger partial charge in [-0.25, -0.2) is 4.79 Å². The van der Waals surface area contributed by atoms with Gasteiger partial charge in [0.05, 0.1) is 5.92 Å². The van der Waals surface area contributed by atoms with Crippen molar-refractivity contribution in [1.82, 2.24) is 10.2 Å². The molecule has 7 nitrogen and oxygen atoms in total. The van der Waals surface area contributed by atoms with Gasteiger partial charge in [0.2, 0.25) is 11.8 Å². The van der Waals surface area contributed by atoms with Crippen LogP contribution in [0.4, 0.5) is 10.5 Å². The first-order valence-corrected chi connectivity index (χ1v) is 8.75. The summed E-state index contributed by atoms with van der Waals surface area (Å²) in [6.07, 6.45) is 3.65. The standard InChI is InChI=1S/C18H24N4O3/c19-18(25)21-15-5-1-3-12(9-15)10-20-16(23)14-4-2-8-22(11-14)17(24)13-6-7-13/h1,3,5,9,13-14H,2,4,6-8,10-11H2,(H,20,23)(H3,19,21,25). The van der Waals surface area contributed by atoms with Gasteiger partial charge < -0.3 is 21.3 Å². The second kappa shape index (κ2) is 7.55. The van der Waals surface area contributed by atoms with Crippen molar-refractivity contribution in [3.05, 3.63) is 29.8 Å². The number of carbonyl (C=O) groups is 3. The number of anilines is 1. The fraction of sp³-hybridized carbons (Fsp3) is 0.500. The van der Waals surface area contributed by atoms with Gasteiger partial charge >= 0.3 is 6.03 Å². The Kier molecular flexibility index (Phi) is 5.21. The van der Waals surface area contributed by atoms with E-state index in [0.717, 1.165) is 37.8 Å². The number of primary amides is 1. The van der Waals surface area contributed by atoms with Gasteiger partial charge in [-0.2, -0.15) is 0 Å². The van der Waals surface area contributed by atoms with Crippen LogP contribution in [0.1, 0.15) is 31.2 Å². The maximum Gasteiger partial charge on any atom is 0.316 e. The molecule has 3 rings (SSSR count). The summed E-state index contributed by atoms with van der Waals surface area (Å²) in [5.74, 6) is 0.231. The number of carbonyl (C=O) groups excluding carboxylic acids is 3. The Hall–Kier alpha value is -2.57. The Labute approximate surface area is 146 Å². The fourth-order valence-corrected chi connectivity index (χ4v) is 3.21. The van der Waals surface area contributed by atoms with Crippen molar-refractivity contribution >= 4 is 23.5 Å².